The molecule has 0 saturated heterocycles. The lowest BCUT2D eigenvalue weighted by Gasteiger charge is -2.32. The van der Waals surface area contributed by atoms with Crippen molar-refractivity contribution in [1.29, 1.82) is 0 Å². The van der Waals surface area contributed by atoms with E-state index in [-0.39, 0.29) is 25.3 Å². The van der Waals surface area contributed by atoms with E-state index >= 15 is 4.39 Å². The topological polar surface area (TPSA) is 98.6 Å². The van der Waals surface area contributed by atoms with E-state index < -0.39 is 23.7 Å². The summed E-state index contributed by atoms with van der Waals surface area (Å²) in [6, 6.07) is 18.5. The van der Waals surface area contributed by atoms with E-state index in [9.17, 15) is 9.59 Å². The molecule has 186 valence electrons. The fourth-order valence-corrected chi connectivity index (χ4v) is 3.90. The Morgan fingerprint density at radius 2 is 1.83 bits per heavy atom. The van der Waals surface area contributed by atoms with Crippen molar-refractivity contribution >= 4 is 28.5 Å². The number of halogens is 1. The Bertz CT molecular complexity index is 1360. The number of hydrogen-bond donors (Lipinski definition) is 1. The Morgan fingerprint density at radius 1 is 1.06 bits per heavy atom. The van der Waals surface area contributed by atoms with Gasteiger partial charge in [0.25, 0.3) is 0 Å². The van der Waals surface area contributed by atoms with Gasteiger partial charge in [-0.1, -0.05) is 41.6 Å². The number of ether oxygens (including phenoxy) is 2. The van der Waals surface area contributed by atoms with Crippen LogP contribution in [0.4, 0.5) is 10.1 Å². The molecule has 1 aromatic heterocycles. The molecule has 1 N–H and O–H groups in total. The minimum atomic E-state index is -1.31. The average Bonchev–Trinajstić information content (AvgIpc) is 3.30. The van der Waals surface area contributed by atoms with Crippen molar-refractivity contribution in [1.82, 2.24) is 20.3 Å². The van der Waals surface area contributed by atoms with Gasteiger partial charge < -0.3 is 14.8 Å². The van der Waals surface area contributed by atoms with Crippen molar-refractivity contribution in [2.24, 2.45) is 0 Å². The van der Waals surface area contributed by atoms with Crippen LogP contribution in [0.2, 0.25) is 0 Å². The third kappa shape index (κ3) is 5.33. The molecule has 0 aliphatic carbocycles. The van der Waals surface area contributed by atoms with E-state index in [1.54, 1.807) is 42.5 Å². The molecule has 9 nitrogen and oxygen atoms in total. The number of carbonyl (C=O) groups excluding carboxylic acids is 2. The molecular weight excluding hydrogens is 465 g/mol. The van der Waals surface area contributed by atoms with Gasteiger partial charge in [-0.2, -0.15) is 0 Å². The number of fused-ring (bicyclic) bond motifs is 1. The zero-order valence-electron chi connectivity index (χ0n) is 19.9. The van der Waals surface area contributed by atoms with Crippen molar-refractivity contribution in [2.45, 2.75) is 12.6 Å². The lowest BCUT2D eigenvalue weighted by molar-refractivity contribution is -0.127. The predicted molar refractivity (Wildman–Crippen MR) is 132 cm³/mol. The van der Waals surface area contributed by atoms with Crippen LogP contribution in [0.25, 0.3) is 11.0 Å². The Balaban J connectivity index is 1.81. The molecule has 0 bridgehead atoms. The SMILES string of the molecule is COCCNC(=O)C(c1ccccc1F)N(C(=O)Cn1nnc2ccccc21)c1cccc(OC)c1. The molecule has 1 unspecified atom stereocenters. The monoisotopic (exact) mass is 491 g/mol. The fraction of sp³-hybridized carbons (Fsp3) is 0.231. The number of methoxy groups -OCH3 is 2. The smallest absolute Gasteiger partial charge is 0.249 e. The van der Waals surface area contributed by atoms with Gasteiger partial charge in [-0.25, -0.2) is 9.07 Å². The summed E-state index contributed by atoms with van der Waals surface area (Å²) in [6.45, 7) is 0.218. The lowest BCUT2D eigenvalue weighted by Crippen LogP contribution is -2.46. The third-order valence-electron chi connectivity index (χ3n) is 5.62. The van der Waals surface area contributed by atoms with Crippen LogP contribution in [0.15, 0.2) is 72.8 Å². The molecule has 4 aromatic rings. The Kier molecular flexibility index (Phi) is 7.86. The zero-order valence-corrected chi connectivity index (χ0v) is 19.9. The van der Waals surface area contributed by atoms with Crippen molar-refractivity contribution in [3.05, 3.63) is 84.2 Å². The van der Waals surface area contributed by atoms with E-state index in [0.717, 1.165) is 0 Å². The molecule has 4 rings (SSSR count). The first kappa shape index (κ1) is 24.8. The lowest BCUT2D eigenvalue weighted by atomic mass is 10.0. The number of para-hydroxylation sites is 1. The highest BCUT2D eigenvalue weighted by atomic mass is 19.1. The first-order valence-electron chi connectivity index (χ1n) is 11.3. The molecule has 1 atom stereocenters. The van der Waals surface area contributed by atoms with Crippen molar-refractivity contribution in [2.75, 3.05) is 32.3 Å². The fourth-order valence-electron chi connectivity index (χ4n) is 3.90. The highest BCUT2D eigenvalue weighted by Gasteiger charge is 2.35. The van der Waals surface area contributed by atoms with Gasteiger partial charge in [0.15, 0.2) is 0 Å². The first-order chi connectivity index (χ1) is 17.5. The number of aromatic nitrogens is 3. The minimum Gasteiger partial charge on any atom is -0.497 e. The molecule has 1 heterocycles. The van der Waals surface area contributed by atoms with Crippen molar-refractivity contribution in [3.8, 4) is 5.75 Å². The number of carbonyl (C=O) groups is 2. The van der Waals surface area contributed by atoms with Crippen LogP contribution in [0.5, 0.6) is 5.75 Å². The second-order valence-electron chi connectivity index (χ2n) is 7.91. The van der Waals surface area contributed by atoms with Crippen LogP contribution >= 0.6 is 0 Å². The molecule has 0 aliphatic rings. The number of amides is 2. The van der Waals surface area contributed by atoms with Gasteiger partial charge >= 0.3 is 0 Å². The normalized spacial score (nSPS) is 11.8. The average molecular weight is 492 g/mol. The van der Waals surface area contributed by atoms with Crippen LogP contribution in [0.1, 0.15) is 11.6 Å². The summed E-state index contributed by atoms with van der Waals surface area (Å²) in [7, 11) is 3.01. The maximum absolute atomic E-state index is 15.1. The van der Waals surface area contributed by atoms with Crippen LogP contribution in [0.3, 0.4) is 0 Å². The number of hydrogen-bond acceptors (Lipinski definition) is 6. The molecule has 10 heteroatoms. The number of nitrogens with zero attached hydrogens (tertiary/aromatic N) is 4. The second kappa shape index (κ2) is 11.4. The number of nitrogens with one attached hydrogen (secondary N) is 1. The molecule has 0 saturated carbocycles. The highest BCUT2D eigenvalue weighted by molar-refractivity contribution is 6.01. The maximum Gasteiger partial charge on any atom is 0.249 e. The summed E-state index contributed by atoms with van der Waals surface area (Å²) in [6.07, 6.45) is 0. The predicted octanol–water partition coefficient (Wildman–Crippen LogP) is 3.12. The molecule has 36 heavy (non-hydrogen) atoms. The quantitative estimate of drug-likeness (QED) is 0.342. The zero-order chi connectivity index (χ0) is 25.5. The van der Waals surface area contributed by atoms with Gasteiger partial charge in [0.05, 0.1) is 19.2 Å². The van der Waals surface area contributed by atoms with Crippen LogP contribution < -0.4 is 15.0 Å². The van der Waals surface area contributed by atoms with Crippen LogP contribution in [-0.4, -0.2) is 54.2 Å². The Hall–Kier alpha value is -4.31. The summed E-state index contributed by atoms with van der Waals surface area (Å²) in [5, 5.41) is 10.9. The molecular formula is C26H26FN5O4. The van der Waals surface area contributed by atoms with Gasteiger partial charge in [0, 0.05) is 31.0 Å². The standard InChI is InChI=1S/C26H26FN5O4/c1-35-15-14-28-26(34)25(20-10-3-4-11-21(20)27)32(18-8-7-9-19(16-18)36-2)24(33)17-31-23-13-6-5-12-22(23)29-30-31/h3-13,16,25H,14-15,17H2,1-2H3,(H,28,34). The van der Waals surface area contributed by atoms with Crippen LogP contribution in [-0.2, 0) is 20.9 Å². The first-order valence-corrected chi connectivity index (χ1v) is 11.3. The van der Waals surface area contributed by atoms with Crippen LogP contribution in [0, 0.1) is 5.82 Å². The van der Waals surface area contributed by atoms with Crippen molar-refractivity contribution < 1.29 is 23.5 Å². The Morgan fingerprint density at radius 3 is 2.61 bits per heavy atom. The van der Waals surface area contributed by atoms with Gasteiger partial charge in [-0.15, -0.1) is 5.10 Å². The van der Waals surface area contributed by atoms with Gasteiger partial charge in [-0.05, 0) is 30.3 Å². The number of benzene rings is 3. The molecule has 3 aromatic carbocycles. The Labute approximate surface area is 207 Å². The maximum atomic E-state index is 15.1. The molecule has 0 fully saturated rings. The van der Waals surface area contributed by atoms with E-state index in [1.807, 2.05) is 12.1 Å². The molecule has 0 aliphatic heterocycles. The second-order valence-corrected chi connectivity index (χ2v) is 7.91. The van der Waals surface area contributed by atoms with Crippen molar-refractivity contribution in [3.63, 3.8) is 0 Å². The summed E-state index contributed by atoms with van der Waals surface area (Å²) >= 11 is 0. The molecule has 0 spiro atoms. The highest BCUT2D eigenvalue weighted by Crippen LogP contribution is 2.32. The largest absolute Gasteiger partial charge is 0.497 e. The summed E-state index contributed by atoms with van der Waals surface area (Å²) < 4.78 is 26.9. The van der Waals surface area contributed by atoms with E-state index in [1.165, 1.54) is 42.0 Å². The van der Waals surface area contributed by atoms with E-state index in [4.69, 9.17) is 9.47 Å². The minimum absolute atomic E-state index is 0.0482. The number of anilines is 1. The van der Waals surface area contributed by atoms with Gasteiger partial charge in [0.1, 0.15) is 29.7 Å². The van der Waals surface area contributed by atoms with Gasteiger partial charge in [0.2, 0.25) is 11.8 Å². The third-order valence-corrected chi connectivity index (χ3v) is 5.62. The van der Waals surface area contributed by atoms with E-state index in [2.05, 4.69) is 15.6 Å². The summed E-state index contributed by atoms with van der Waals surface area (Å²) in [5.74, 6) is -1.19. The molecule has 0 radical (unpaired) electrons. The van der Waals surface area contributed by atoms with E-state index in [0.29, 0.717) is 22.5 Å². The summed E-state index contributed by atoms with van der Waals surface area (Å²) in [4.78, 5) is 28.6. The molecule has 2 amide bonds. The summed E-state index contributed by atoms with van der Waals surface area (Å²) in [5.41, 5.74) is 1.69. The van der Waals surface area contributed by atoms with Gasteiger partial charge in [-0.3, -0.25) is 14.5 Å². The number of rotatable bonds is 10.